The van der Waals surface area contributed by atoms with Crippen molar-refractivity contribution >= 4 is 39.7 Å². The van der Waals surface area contributed by atoms with Gasteiger partial charge in [0, 0.05) is 18.3 Å². The van der Waals surface area contributed by atoms with Gasteiger partial charge in [-0.15, -0.1) is 5.69 Å². The Hall–Kier alpha value is -2.11. The molecule has 0 aromatic heterocycles. The molecule has 0 spiro atoms. The molecule has 2 aromatic rings. The van der Waals surface area contributed by atoms with Crippen LogP contribution >= 0.6 is 23.2 Å². The molecule has 3 rings (SSSR count). The summed E-state index contributed by atoms with van der Waals surface area (Å²) in [5, 5.41) is 15.8. The van der Waals surface area contributed by atoms with E-state index in [9.17, 15) is 10.1 Å². The number of hydrogen-bond acceptors (Lipinski definition) is 3. The predicted molar refractivity (Wildman–Crippen MR) is 82.7 cm³/mol. The Labute approximate surface area is 130 Å². The van der Waals surface area contributed by atoms with Crippen LogP contribution in [0.15, 0.2) is 47.5 Å². The third-order valence-corrected chi connectivity index (χ3v) is 3.72. The molecule has 7 heteroatoms. The van der Waals surface area contributed by atoms with E-state index in [1.807, 2.05) is 24.3 Å². The van der Waals surface area contributed by atoms with Gasteiger partial charge in [-0.25, -0.2) is 0 Å². The molecule has 0 aliphatic carbocycles. The van der Waals surface area contributed by atoms with Gasteiger partial charge >= 0.3 is 0 Å². The van der Waals surface area contributed by atoms with Crippen LogP contribution in [0.25, 0.3) is 5.32 Å². The van der Waals surface area contributed by atoms with E-state index in [1.165, 1.54) is 12.1 Å². The van der Waals surface area contributed by atoms with Crippen LogP contribution in [-0.2, 0) is 0 Å². The molecule has 1 heterocycles. The highest BCUT2D eigenvalue weighted by atomic mass is 35.5. The number of para-hydroxylation sites is 1. The molecule has 5 nitrogen and oxygen atoms in total. The van der Waals surface area contributed by atoms with Gasteiger partial charge in [-0.1, -0.05) is 53.5 Å². The molecule has 0 bridgehead atoms. The molecule has 1 atom stereocenters. The zero-order valence-electron chi connectivity index (χ0n) is 10.5. The van der Waals surface area contributed by atoms with Crippen LogP contribution in [0.2, 0.25) is 5.02 Å². The molecule has 0 N–H and O–H groups in total. The first-order valence-corrected chi connectivity index (χ1v) is 6.79. The van der Waals surface area contributed by atoms with Gasteiger partial charge in [-0.3, -0.25) is 15.1 Å². The average Bonchev–Trinajstić information content (AvgIpc) is 2.47. The molecule has 1 aliphatic heterocycles. The number of hydrogen-bond donors (Lipinski definition) is 0. The number of non-ortho nitro benzene ring substituents is 1. The van der Waals surface area contributed by atoms with Gasteiger partial charge in [0.2, 0.25) is 0 Å². The van der Waals surface area contributed by atoms with Crippen molar-refractivity contribution in [3.05, 3.63) is 74.0 Å². The van der Waals surface area contributed by atoms with Gasteiger partial charge < -0.3 is 5.32 Å². The van der Waals surface area contributed by atoms with Gasteiger partial charge in [-0.2, -0.15) is 0 Å². The van der Waals surface area contributed by atoms with E-state index < -0.39 is 11.1 Å². The minimum absolute atomic E-state index is 0.0740. The summed E-state index contributed by atoms with van der Waals surface area (Å²) in [4.78, 5) is 14.5. The highest BCUT2D eigenvalue weighted by molar-refractivity contribution is 6.70. The van der Waals surface area contributed by atoms with Crippen molar-refractivity contribution in [3.63, 3.8) is 0 Å². The Morgan fingerprint density at radius 1 is 1.19 bits per heavy atom. The Bertz CT molecular complexity index is 762. The monoisotopic (exact) mass is 320 g/mol. The van der Waals surface area contributed by atoms with Crippen LogP contribution in [-0.4, -0.2) is 10.1 Å². The second-order valence-electron chi connectivity index (χ2n) is 4.40. The zero-order valence-corrected chi connectivity index (χ0v) is 12.0. The highest BCUT2D eigenvalue weighted by Crippen LogP contribution is 2.42. The number of aliphatic imine (C=N–C) groups is 1. The quantitative estimate of drug-likeness (QED) is 0.580. The molecule has 106 valence electrons. The van der Waals surface area contributed by atoms with Crippen molar-refractivity contribution in [2.75, 3.05) is 0 Å². The average molecular weight is 321 g/mol. The molecule has 21 heavy (non-hydrogen) atoms. The number of nitro benzene ring substituents is 1. The molecule has 0 radical (unpaired) electrons. The van der Waals surface area contributed by atoms with Gasteiger partial charge in [0.05, 0.1) is 9.95 Å². The Morgan fingerprint density at radius 2 is 1.95 bits per heavy atom. The molecule has 0 saturated carbocycles. The molecule has 0 amide bonds. The van der Waals surface area contributed by atoms with E-state index in [-0.39, 0.29) is 10.7 Å². The fourth-order valence-electron chi connectivity index (χ4n) is 2.08. The molecular formula is C14H8Cl2N3O2-. The maximum Gasteiger partial charge on any atom is 0.270 e. The maximum atomic E-state index is 10.7. The van der Waals surface area contributed by atoms with Crippen LogP contribution in [0.3, 0.4) is 0 Å². The first-order chi connectivity index (χ1) is 10.1. The van der Waals surface area contributed by atoms with E-state index in [0.717, 1.165) is 11.3 Å². The SMILES string of the molecule is O=[N+]([O-])c1ccc(C2N=C(Cl)c3ccccc3[N-]2)c(Cl)c1. The smallest absolute Gasteiger partial charge is 0.270 e. The minimum Gasteiger partial charge on any atom is -0.659 e. The molecule has 2 aromatic carbocycles. The van der Waals surface area contributed by atoms with Crippen molar-refractivity contribution < 1.29 is 4.92 Å². The zero-order chi connectivity index (χ0) is 15.0. The van der Waals surface area contributed by atoms with Crippen molar-refractivity contribution in [1.82, 2.24) is 0 Å². The normalized spacial score (nSPS) is 16.7. The minimum atomic E-state index is -0.597. The summed E-state index contributed by atoms with van der Waals surface area (Å²) in [5.41, 5.74) is 1.98. The summed E-state index contributed by atoms with van der Waals surface area (Å²) in [6.45, 7) is 0. The number of fused-ring (bicyclic) bond motifs is 1. The van der Waals surface area contributed by atoms with E-state index in [0.29, 0.717) is 10.7 Å². The fraction of sp³-hybridized carbons (Fsp3) is 0.0714. The predicted octanol–water partition coefficient (Wildman–Crippen LogP) is 4.95. The lowest BCUT2D eigenvalue weighted by Crippen LogP contribution is -2.06. The van der Waals surface area contributed by atoms with E-state index in [4.69, 9.17) is 23.2 Å². The van der Waals surface area contributed by atoms with Crippen molar-refractivity contribution in [3.8, 4) is 0 Å². The van der Waals surface area contributed by atoms with Crippen LogP contribution in [0.1, 0.15) is 17.3 Å². The lowest BCUT2D eigenvalue weighted by molar-refractivity contribution is -0.384. The van der Waals surface area contributed by atoms with Crippen molar-refractivity contribution in [1.29, 1.82) is 0 Å². The number of benzene rings is 2. The van der Waals surface area contributed by atoms with Gasteiger partial charge in [-0.05, 0) is 11.1 Å². The van der Waals surface area contributed by atoms with Crippen LogP contribution in [0, 0.1) is 10.1 Å². The fourth-order valence-corrected chi connectivity index (χ4v) is 2.60. The standard InChI is InChI=1S/C14H8Cl2N3O2/c15-11-7-8(19(20)21)5-6-9(11)14-17-12-4-2-1-3-10(12)13(16)18-14/h1-7,14H/q-1. The van der Waals surface area contributed by atoms with Gasteiger partial charge in [0.15, 0.2) is 0 Å². The molecular weight excluding hydrogens is 313 g/mol. The first kappa shape index (κ1) is 13.9. The number of nitrogens with zero attached hydrogens (tertiary/aromatic N) is 3. The maximum absolute atomic E-state index is 10.7. The lowest BCUT2D eigenvalue weighted by atomic mass is 10.1. The van der Waals surface area contributed by atoms with Crippen molar-refractivity contribution in [2.24, 2.45) is 4.99 Å². The number of rotatable bonds is 2. The van der Waals surface area contributed by atoms with Crippen molar-refractivity contribution in [2.45, 2.75) is 6.17 Å². The Balaban J connectivity index is 2.00. The van der Waals surface area contributed by atoms with E-state index in [1.54, 1.807) is 6.07 Å². The summed E-state index contributed by atoms with van der Waals surface area (Å²) in [6.07, 6.45) is -0.597. The largest absolute Gasteiger partial charge is 0.659 e. The summed E-state index contributed by atoms with van der Waals surface area (Å²) in [5.74, 6) is 0. The highest BCUT2D eigenvalue weighted by Gasteiger charge is 2.16. The van der Waals surface area contributed by atoms with Gasteiger partial charge in [0.25, 0.3) is 5.69 Å². The van der Waals surface area contributed by atoms with Crippen LogP contribution < -0.4 is 0 Å². The van der Waals surface area contributed by atoms with E-state index >= 15 is 0 Å². The molecule has 1 unspecified atom stereocenters. The van der Waals surface area contributed by atoms with Crippen LogP contribution in [0.4, 0.5) is 11.4 Å². The third kappa shape index (κ3) is 2.57. The topological polar surface area (TPSA) is 69.6 Å². The summed E-state index contributed by atoms with van der Waals surface area (Å²) >= 11 is 12.3. The Kier molecular flexibility index (Phi) is 3.53. The number of nitro groups is 1. The first-order valence-electron chi connectivity index (χ1n) is 6.03. The third-order valence-electron chi connectivity index (χ3n) is 3.10. The molecule has 1 aliphatic rings. The second-order valence-corrected chi connectivity index (χ2v) is 5.17. The summed E-state index contributed by atoms with van der Waals surface area (Å²) in [6, 6.07) is 11.6. The molecule has 0 fully saturated rings. The Morgan fingerprint density at radius 3 is 2.67 bits per heavy atom. The number of halogens is 2. The van der Waals surface area contributed by atoms with Crippen LogP contribution in [0.5, 0.6) is 0 Å². The van der Waals surface area contributed by atoms with Gasteiger partial charge in [0.1, 0.15) is 5.17 Å². The summed E-state index contributed by atoms with van der Waals surface area (Å²) in [7, 11) is 0. The summed E-state index contributed by atoms with van der Waals surface area (Å²) < 4.78 is 0. The molecule has 0 saturated heterocycles. The van der Waals surface area contributed by atoms with E-state index in [2.05, 4.69) is 10.3 Å². The second kappa shape index (κ2) is 5.35. The lowest BCUT2D eigenvalue weighted by Gasteiger charge is -2.36.